The summed E-state index contributed by atoms with van der Waals surface area (Å²) in [7, 11) is 1.41. The van der Waals surface area contributed by atoms with Crippen LogP contribution in [-0.2, 0) is 16.1 Å². The van der Waals surface area contributed by atoms with Crippen molar-refractivity contribution in [1.29, 1.82) is 0 Å². The summed E-state index contributed by atoms with van der Waals surface area (Å²) in [6, 6.07) is 1.55. The van der Waals surface area contributed by atoms with E-state index in [0.29, 0.717) is 12.5 Å². The fourth-order valence-electron chi connectivity index (χ4n) is 1.71. The summed E-state index contributed by atoms with van der Waals surface area (Å²) in [4.78, 5) is 19.9. The third-order valence-corrected chi connectivity index (χ3v) is 2.56. The van der Waals surface area contributed by atoms with Gasteiger partial charge in [-0.2, -0.15) is 0 Å². The highest BCUT2D eigenvalue weighted by molar-refractivity contribution is 5.75. The number of nitrogens with one attached hydrogen (secondary N) is 1. The average Bonchev–Trinajstić information content (AvgIpc) is 2.33. The van der Waals surface area contributed by atoms with Crippen molar-refractivity contribution in [3.8, 4) is 0 Å². The third-order valence-electron chi connectivity index (χ3n) is 2.56. The minimum absolute atomic E-state index is 0.227. The van der Waals surface area contributed by atoms with Crippen LogP contribution in [0.1, 0.15) is 31.8 Å². The van der Waals surface area contributed by atoms with Gasteiger partial charge in [-0.05, 0) is 25.3 Å². The van der Waals surface area contributed by atoms with Crippen molar-refractivity contribution in [3.05, 3.63) is 23.8 Å². The summed E-state index contributed by atoms with van der Waals surface area (Å²) in [6.07, 6.45) is 2.46. The highest BCUT2D eigenvalue weighted by atomic mass is 16.5. The molecule has 1 heterocycles. The van der Waals surface area contributed by atoms with E-state index in [1.165, 1.54) is 7.11 Å². The van der Waals surface area contributed by atoms with E-state index in [0.717, 1.165) is 17.9 Å². The van der Waals surface area contributed by atoms with Gasteiger partial charge >= 0.3 is 5.97 Å². The molecule has 0 aliphatic heterocycles. The van der Waals surface area contributed by atoms with Crippen molar-refractivity contribution in [2.75, 3.05) is 7.11 Å². The molecule has 0 radical (unpaired) electrons. The lowest BCUT2D eigenvalue weighted by Gasteiger charge is -2.18. The molecule has 1 atom stereocenters. The molecule has 5 nitrogen and oxygen atoms in total. The monoisotopic (exact) mass is 251 g/mol. The van der Waals surface area contributed by atoms with Crippen LogP contribution in [0.3, 0.4) is 0 Å². The molecule has 1 aromatic heterocycles. The number of hydrogen-bond acceptors (Lipinski definition) is 5. The number of rotatable bonds is 6. The number of aromatic nitrogens is 2. The maximum absolute atomic E-state index is 11.6. The second-order valence-corrected chi connectivity index (χ2v) is 4.68. The minimum atomic E-state index is -0.287. The predicted molar refractivity (Wildman–Crippen MR) is 68.9 cm³/mol. The first-order valence-electron chi connectivity index (χ1n) is 6.12. The molecule has 0 fully saturated rings. The standard InChI is InChI=1S/C13H21N3O2/c1-9(2)7-12(13(17)18-4)15-8-11-5-6-14-10(3)16-11/h5-6,9,12,15H,7-8H2,1-4H3. The molecule has 0 aliphatic rings. The van der Waals surface area contributed by atoms with Gasteiger partial charge in [-0.3, -0.25) is 10.1 Å². The number of carbonyl (C=O) groups excluding carboxylic acids is 1. The number of ether oxygens (including phenoxy) is 1. The molecule has 1 rings (SSSR count). The van der Waals surface area contributed by atoms with Crippen molar-refractivity contribution in [2.45, 2.75) is 39.8 Å². The Kier molecular flexibility index (Phi) is 5.71. The van der Waals surface area contributed by atoms with Gasteiger partial charge in [0.15, 0.2) is 0 Å². The SMILES string of the molecule is COC(=O)C(CC(C)C)NCc1ccnc(C)n1. The lowest BCUT2D eigenvalue weighted by atomic mass is 10.0. The van der Waals surface area contributed by atoms with Gasteiger partial charge in [0.2, 0.25) is 0 Å². The van der Waals surface area contributed by atoms with Crippen molar-refractivity contribution in [1.82, 2.24) is 15.3 Å². The summed E-state index contributed by atoms with van der Waals surface area (Å²) in [5, 5.41) is 3.18. The van der Waals surface area contributed by atoms with E-state index in [1.54, 1.807) is 6.20 Å². The lowest BCUT2D eigenvalue weighted by Crippen LogP contribution is -2.38. The summed E-state index contributed by atoms with van der Waals surface area (Å²) in [5.41, 5.74) is 0.875. The molecular weight excluding hydrogens is 230 g/mol. The van der Waals surface area contributed by atoms with Crippen LogP contribution < -0.4 is 5.32 Å². The summed E-state index contributed by atoms with van der Waals surface area (Å²) in [6.45, 7) is 6.53. The van der Waals surface area contributed by atoms with Gasteiger partial charge in [-0.15, -0.1) is 0 Å². The highest BCUT2D eigenvalue weighted by Gasteiger charge is 2.19. The zero-order chi connectivity index (χ0) is 13.5. The smallest absolute Gasteiger partial charge is 0.322 e. The molecule has 1 aromatic rings. The maximum atomic E-state index is 11.6. The Labute approximate surface area is 108 Å². The van der Waals surface area contributed by atoms with E-state index in [1.807, 2.05) is 13.0 Å². The van der Waals surface area contributed by atoms with Crippen LogP contribution in [0.15, 0.2) is 12.3 Å². The second-order valence-electron chi connectivity index (χ2n) is 4.68. The zero-order valence-electron chi connectivity index (χ0n) is 11.4. The molecule has 0 spiro atoms. The number of aryl methyl sites for hydroxylation is 1. The molecule has 0 saturated heterocycles. The van der Waals surface area contributed by atoms with E-state index < -0.39 is 0 Å². The van der Waals surface area contributed by atoms with Gasteiger partial charge in [0.25, 0.3) is 0 Å². The number of nitrogens with zero attached hydrogens (tertiary/aromatic N) is 2. The van der Waals surface area contributed by atoms with Crippen LogP contribution in [-0.4, -0.2) is 29.1 Å². The van der Waals surface area contributed by atoms with Gasteiger partial charge in [-0.1, -0.05) is 13.8 Å². The van der Waals surface area contributed by atoms with Crippen molar-refractivity contribution in [3.63, 3.8) is 0 Å². The average molecular weight is 251 g/mol. The first kappa shape index (κ1) is 14.6. The Morgan fingerprint density at radius 2 is 2.22 bits per heavy atom. The van der Waals surface area contributed by atoms with E-state index >= 15 is 0 Å². The summed E-state index contributed by atoms with van der Waals surface area (Å²) < 4.78 is 4.79. The molecule has 18 heavy (non-hydrogen) atoms. The number of esters is 1. The lowest BCUT2D eigenvalue weighted by molar-refractivity contribution is -0.143. The zero-order valence-corrected chi connectivity index (χ0v) is 11.4. The van der Waals surface area contributed by atoms with Crippen molar-refractivity contribution >= 4 is 5.97 Å². The molecule has 0 bridgehead atoms. The van der Waals surface area contributed by atoms with E-state index in [4.69, 9.17) is 4.74 Å². The van der Waals surface area contributed by atoms with Crippen LogP contribution in [0.5, 0.6) is 0 Å². The Morgan fingerprint density at radius 1 is 1.50 bits per heavy atom. The first-order chi connectivity index (χ1) is 8.52. The van der Waals surface area contributed by atoms with Crippen LogP contribution in [0.25, 0.3) is 0 Å². The van der Waals surface area contributed by atoms with Crippen LogP contribution in [0.2, 0.25) is 0 Å². The summed E-state index contributed by atoms with van der Waals surface area (Å²) in [5.74, 6) is 0.927. The number of hydrogen-bond donors (Lipinski definition) is 1. The normalized spacial score (nSPS) is 12.5. The largest absolute Gasteiger partial charge is 0.468 e. The van der Waals surface area contributed by atoms with Gasteiger partial charge in [0.1, 0.15) is 11.9 Å². The Bertz CT molecular complexity index is 394. The highest BCUT2D eigenvalue weighted by Crippen LogP contribution is 2.07. The fourth-order valence-corrected chi connectivity index (χ4v) is 1.71. The Balaban J connectivity index is 2.58. The Hall–Kier alpha value is -1.49. The molecule has 1 unspecified atom stereocenters. The molecule has 0 aromatic carbocycles. The molecule has 0 aliphatic carbocycles. The van der Waals surface area contributed by atoms with Crippen LogP contribution in [0, 0.1) is 12.8 Å². The topological polar surface area (TPSA) is 64.1 Å². The molecule has 0 amide bonds. The minimum Gasteiger partial charge on any atom is -0.468 e. The molecular formula is C13H21N3O2. The number of carbonyl (C=O) groups is 1. The first-order valence-corrected chi connectivity index (χ1v) is 6.12. The van der Waals surface area contributed by atoms with Crippen molar-refractivity contribution < 1.29 is 9.53 Å². The Morgan fingerprint density at radius 3 is 2.78 bits per heavy atom. The van der Waals surface area contributed by atoms with E-state index in [2.05, 4.69) is 29.1 Å². The molecule has 100 valence electrons. The van der Waals surface area contributed by atoms with Gasteiger partial charge in [0.05, 0.1) is 12.8 Å². The van der Waals surface area contributed by atoms with Crippen LogP contribution in [0.4, 0.5) is 0 Å². The third kappa shape index (κ3) is 4.79. The molecule has 5 heteroatoms. The molecule has 0 saturated carbocycles. The number of methoxy groups -OCH3 is 1. The fraction of sp³-hybridized carbons (Fsp3) is 0.615. The van der Waals surface area contributed by atoms with Gasteiger partial charge in [0, 0.05) is 12.7 Å². The quantitative estimate of drug-likeness (QED) is 0.775. The maximum Gasteiger partial charge on any atom is 0.322 e. The van der Waals surface area contributed by atoms with E-state index in [-0.39, 0.29) is 12.0 Å². The van der Waals surface area contributed by atoms with Crippen molar-refractivity contribution in [2.24, 2.45) is 5.92 Å². The summed E-state index contributed by atoms with van der Waals surface area (Å²) >= 11 is 0. The second kappa shape index (κ2) is 7.06. The van der Waals surface area contributed by atoms with Crippen LogP contribution >= 0.6 is 0 Å². The van der Waals surface area contributed by atoms with Gasteiger partial charge in [-0.25, -0.2) is 9.97 Å². The predicted octanol–water partition coefficient (Wildman–Crippen LogP) is 1.46. The van der Waals surface area contributed by atoms with E-state index in [9.17, 15) is 4.79 Å². The van der Waals surface area contributed by atoms with Gasteiger partial charge < -0.3 is 4.74 Å². The molecule has 1 N–H and O–H groups in total.